The van der Waals surface area contributed by atoms with Crippen LogP contribution in [0, 0.1) is 6.92 Å². The molecule has 10 heavy (non-hydrogen) atoms. The second kappa shape index (κ2) is 5.27. The summed E-state index contributed by atoms with van der Waals surface area (Å²) in [7, 11) is 0. The van der Waals surface area contributed by atoms with Crippen molar-refractivity contribution in [3.63, 3.8) is 0 Å². The van der Waals surface area contributed by atoms with Gasteiger partial charge in [-0.25, -0.2) is 0 Å². The first-order valence-corrected chi connectivity index (χ1v) is 3.69. The molecule has 0 saturated heterocycles. The highest BCUT2D eigenvalue weighted by Crippen LogP contribution is 2.03. The molecule has 1 unspecified atom stereocenters. The summed E-state index contributed by atoms with van der Waals surface area (Å²) in [6, 6.07) is 0. The lowest BCUT2D eigenvalue weighted by molar-refractivity contribution is -0.142. The van der Waals surface area contributed by atoms with Crippen LogP contribution in [-0.4, -0.2) is 12.1 Å². The van der Waals surface area contributed by atoms with Gasteiger partial charge in [-0.15, -0.1) is 0 Å². The summed E-state index contributed by atoms with van der Waals surface area (Å²) in [5.41, 5.74) is 0. The third-order valence-corrected chi connectivity index (χ3v) is 1.30. The van der Waals surface area contributed by atoms with E-state index in [1.807, 2.05) is 6.92 Å². The molecule has 0 aromatic rings. The van der Waals surface area contributed by atoms with E-state index in [1.165, 1.54) is 0 Å². The third kappa shape index (κ3) is 5.60. The minimum atomic E-state index is -0.427. The molecule has 0 aliphatic carbocycles. The van der Waals surface area contributed by atoms with E-state index in [0.717, 1.165) is 19.3 Å². The van der Waals surface area contributed by atoms with Gasteiger partial charge in [0.05, 0.1) is 13.0 Å². The van der Waals surface area contributed by atoms with Gasteiger partial charge in [0.1, 0.15) is 0 Å². The molecule has 0 spiro atoms. The number of esters is 1. The SMILES string of the molecule is [CH2]C(=O)OC(C)CCCC. The Bertz CT molecular complexity index is 99.4. The number of carbonyl (C=O) groups excluding carboxylic acids is 1. The van der Waals surface area contributed by atoms with Crippen LogP contribution in [0.4, 0.5) is 0 Å². The Hall–Kier alpha value is -0.530. The highest BCUT2D eigenvalue weighted by atomic mass is 16.5. The first-order valence-electron chi connectivity index (χ1n) is 3.69. The maximum Gasteiger partial charge on any atom is 0.306 e. The Labute approximate surface area is 62.6 Å². The van der Waals surface area contributed by atoms with Gasteiger partial charge < -0.3 is 4.74 Å². The summed E-state index contributed by atoms with van der Waals surface area (Å²) in [5.74, 6) is -0.427. The highest BCUT2D eigenvalue weighted by molar-refractivity contribution is 5.73. The van der Waals surface area contributed by atoms with Crippen LogP contribution in [-0.2, 0) is 9.53 Å². The van der Waals surface area contributed by atoms with E-state index in [2.05, 4.69) is 13.8 Å². The van der Waals surface area contributed by atoms with Crippen LogP contribution < -0.4 is 0 Å². The summed E-state index contributed by atoms with van der Waals surface area (Å²) >= 11 is 0. The van der Waals surface area contributed by atoms with Crippen LogP contribution in [0.15, 0.2) is 0 Å². The minimum Gasteiger partial charge on any atom is -0.463 e. The fraction of sp³-hybridized carbons (Fsp3) is 0.750. The van der Waals surface area contributed by atoms with E-state index in [-0.39, 0.29) is 6.10 Å². The smallest absolute Gasteiger partial charge is 0.306 e. The molecule has 2 heteroatoms. The second-order valence-corrected chi connectivity index (χ2v) is 2.44. The Kier molecular flexibility index (Phi) is 4.99. The van der Waals surface area contributed by atoms with Crippen molar-refractivity contribution in [3.05, 3.63) is 6.92 Å². The monoisotopic (exact) mass is 143 g/mol. The zero-order valence-electron chi connectivity index (χ0n) is 6.72. The standard InChI is InChI=1S/C8H15O2/c1-4-5-6-7(2)10-8(3)9/h7H,3-6H2,1-2H3. The predicted octanol–water partition coefficient (Wildman–Crippen LogP) is 1.94. The molecule has 0 aliphatic rings. The van der Waals surface area contributed by atoms with Crippen molar-refractivity contribution in [1.82, 2.24) is 0 Å². The predicted molar refractivity (Wildman–Crippen MR) is 40.4 cm³/mol. The van der Waals surface area contributed by atoms with E-state index >= 15 is 0 Å². The van der Waals surface area contributed by atoms with Gasteiger partial charge in [-0.05, 0) is 13.3 Å². The number of unbranched alkanes of at least 4 members (excludes halogenated alkanes) is 1. The molecular weight excluding hydrogens is 128 g/mol. The molecule has 0 N–H and O–H groups in total. The van der Waals surface area contributed by atoms with Crippen molar-refractivity contribution in [2.45, 2.75) is 39.2 Å². The Morgan fingerprint density at radius 2 is 2.30 bits per heavy atom. The molecule has 0 heterocycles. The lowest BCUT2D eigenvalue weighted by atomic mass is 10.2. The lowest BCUT2D eigenvalue weighted by Crippen LogP contribution is -2.11. The van der Waals surface area contributed by atoms with E-state index in [1.54, 1.807) is 0 Å². The molecule has 59 valence electrons. The first kappa shape index (κ1) is 9.47. The van der Waals surface area contributed by atoms with Crippen molar-refractivity contribution < 1.29 is 9.53 Å². The summed E-state index contributed by atoms with van der Waals surface area (Å²) in [6.45, 7) is 7.12. The van der Waals surface area contributed by atoms with Crippen molar-refractivity contribution >= 4 is 5.97 Å². The van der Waals surface area contributed by atoms with Crippen molar-refractivity contribution in [2.24, 2.45) is 0 Å². The molecule has 0 aliphatic heterocycles. The molecule has 0 aromatic heterocycles. The van der Waals surface area contributed by atoms with E-state index in [0.29, 0.717) is 0 Å². The topological polar surface area (TPSA) is 26.3 Å². The molecule has 1 radical (unpaired) electrons. The van der Waals surface area contributed by atoms with Gasteiger partial charge in [0.2, 0.25) is 0 Å². The average molecular weight is 143 g/mol. The van der Waals surface area contributed by atoms with E-state index in [4.69, 9.17) is 4.74 Å². The summed E-state index contributed by atoms with van der Waals surface area (Å²) in [6.07, 6.45) is 3.22. The average Bonchev–Trinajstić information content (AvgIpc) is 1.82. The van der Waals surface area contributed by atoms with Gasteiger partial charge >= 0.3 is 5.97 Å². The van der Waals surface area contributed by atoms with Gasteiger partial charge in [0.25, 0.3) is 0 Å². The summed E-state index contributed by atoms with van der Waals surface area (Å²) < 4.78 is 4.80. The van der Waals surface area contributed by atoms with Crippen LogP contribution in [0.25, 0.3) is 0 Å². The Morgan fingerprint density at radius 3 is 2.70 bits per heavy atom. The maximum atomic E-state index is 10.3. The fourth-order valence-corrected chi connectivity index (χ4v) is 0.775. The highest BCUT2D eigenvalue weighted by Gasteiger charge is 2.02. The molecule has 0 amide bonds. The first-order chi connectivity index (χ1) is 4.66. The number of hydrogen-bond acceptors (Lipinski definition) is 2. The van der Waals surface area contributed by atoms with Gasteiger partial charge in [0, 0.05) is 0 Å². The van der Waals surface area contributed by atoms with E-state index < -0.39 is 5.97 Å². The number of rotatable bonds is 4. The van der Waals surface area contributed by atoms with Crippen LogP contribution >= 0.6 is 0 Å². The van der Waals surface area contributed by atoms with Crippen molar-refractivity contribution in [2.75, 3.05) is 0 Å². The molecule has 0 bridgehead atoms. The number of hydrogen-bond donors (Lipinski definition) is 0. The molecular formula is C8H15O2. The molecule has 0 rings (SSSR count). The molecule has 2 nitrogen and oxygen atoms in total. The van der Waals surface area contributed by atoms with Crippen LogP contribution in [0.5, 0.6) is 0 Å². The quantitative estimate of drug-likeness (QED) is 0.562. The van der Waals surface area contributed by atoms with Crippen molar-refractivity contribution in [1.29, 1.82) is 0 Å². The molecule has 0 fully saturated rings. The molecule has 0 saturated carbocycles. The van der Waals surface area contributed by atoms with Crippen LogP contribution in [0.1, 0.15) is 33.1 Å². The molecule has 1 atom stereocenters. The maximum absolute atomic E-state index is 10.3. The fourth-order valence-electron chi connectivity index (χ4n) is 0.775. The number of ether oxygens (including phenoxy) is 1. The Balaban J connectivity index is 3.25. The van der Waals surface area contributed by atoms with Crippen molar-refractivity contribution in [3.8, 4) is 0 Å². The minimum absolute atomic E-state index is 0.0324. The van der Waals surface area contributed by atoms with E-state index in [9.17, 15) is 4.79 Å². The summed E-state index contributed by atoms with van der Waals surface area (Å²) in [5, 5.41) is 0. The second-order valence-electron chi connectivity index (χ2n) is 2.44. The number of carbonyl (C=O) groups is 1. The lowest BCUT2D eigenvalue weighted by Gasteiger charge is -2.09. The van der Waals surface area contributed by atoms with Crippen LogP contribution in [0.2, 0.25) is 0 Å². The van der Waals surface area contributed by atoms with Crippen LogP contribution in [0.3, 0.4) is 0 Å². The Morgan fingerprint density at radius 1 is 1.70 bits per heavy atom. The zero-order valence-corrected chi connectivity index (χ0v) is 6.72. The van der Waals surface area contributed by atoms with Gasteiger partial charge in [0.15, 0.2) is 0 Å². The largest absolute Gasteiger partial charge is 0.463 e. The summed E-state index contributed by atoms with van der Waals surface area (Å²) in [4.78, 5) is 10.3. The third-order valence-electron chi connectivity index (χ3n) is 1.30. The van der Waals surface area contributed by atoms with Gasteiger partial charge in [-0.1, -0.05) is 19.8 Å². The zero-order chi connectivity index (χ0) is 7.98. The normalized spacial score (nSPS) is 12.7. The molecule has 0 aromatic carbocycles. The van der Waals surface area contributed by atoms with Gasteiger partial charge in [-0.3, -0.25) is 4.79 Å². The van der Waals surface area contributed by atoms with Gasteiger partial charge in [-0.2, -0.15) is 0 Å².